The molecule has 118 valence electrons. The number of hydrogen-bond acceptors (Lipinski definition) is 4. The number of methoxy groups -OCH3 is 1. The molecule has 0 spiro atoms. The van der Waals surface area contributed by atoms with Gasteiger partial charge in [0.1, 0.15) is 0 Å². The van der Waals surface area contributed by atoms with Gasteiger partial charge in [-0.15, -0.1) is 0 Å². The molecular weight excluding hydrogens is 266 g/mol. The first-order valence-electron chi connectivity index (χ1n) is 7.49. The average molecular weight is 293 g/mol. The molecule has 0 aliphatic carbocycles. The summed E-state index contributed by atoms with van der Waals surface area (Å²) in [4.78, 5) is 14.2. The van der Waals surface area contributed by atoms with Crippen molar-refractivity contribution in [3.63, 3.8) is 0 Å². The van der Waals surface area contributed by atoms with E-state index in [0.717, 1.165) is 43.9 Å². The molecule has 1 aromatic carbocycles. The summed E-state index contributed by atoms with van der Waals surface area (Å²) in [6.45, 7) is 6.13. The van der Waals surface area contributed by atoms with Gasteiger partial charge in [-0.2, -0.15) is 0 Å². The van der Waals surface area contributed by atoms with Crippen LogP contribution >= 0.6 is 0 Å². The quantitative estimate of drug-likeness (QED) is 0.690. The van der Waals surface area contributed by atoms with E-state index < -0.39 is 0 Å². The SMILES string of the molecule is CCN(CCCC(=O)Nc1cccc(CN)c1)CCOC. The van der Waals surface area contributed by atoms with Crippen LogP contribution in [0.25, 0.3) is 0 Å². The number of nitrogens with one attached hydrogen (secondary N) is 1. The second-order valence-corrected chi connectivity index (χ2v) is 4.98. The number of nitrogens with two attached hydrogens (primary N) is 1. The smallest absolute Gasteiger partial charge is 0.224 e. The molecule has 0 bridgehead atoms. The molecule has 0 unspecified atom stereocenters. The van der Waals surface area contributed by atoms with Crippen LogP contribution < -0.4 is 11.1 Å². The lowest BCUT2D eigenvalue weighted by Gasteiger charge is -2.19. The van der Waals surface area contributed by atoms with E-state index >= 15 is 0 Å². The molecule has 0 aromatic heterocycles. The van der Waals surface area contributed by atoms with Crippen LogP contribution in [0.3, 0.4) is 0 Å². The molecular formula is C16H27N3O2. The topological polar surface area (TPSA) is 67.6 Å². The van der Waals surface area contributed by atoms with Crippen molar-refractivity contribution in [2.24, 2.45) is 5.73 Å². The third kappa shape index (κ3) is 7.22. The summed E-state index contributed by atoms with van der Waals surface area (Å²) in [5.41, 5.74) is 7.42. The van der Waals surface area contributed by atoms with E-state index in [-0.39, 0.29) is 5.91 Å². The maximum atomic E-state index is 11.9. The second-order valence-electron chi connectivity index (χ2n) is 4.98. The van der Waals surface area contributed by atoms with Crippen molar-refractivity contribution in [2.75, 3.05) is 38.7 Å². The highest BCUT2D eigenvalue weighted by Gasteiger charge is 2.06. The molecule has 1 amide bonds. The first-order chi connectivity index (χ1) is 10.2. The molecule has 5 nitrogen and oxygen atoms in total. The third-order valence-corrected chi connectivity index (χ3v) is 3.38. The Morgan fingerprint density at radius 1 is 1.38 bits per heavy atom. The maximum Gasteiger partial charge on any atom is 0.224 e. The van der Waals surface area contributed by atoms with Gasteiger partial charge in [0.2, 0.25) is 5.91 Å². The van der Waals surface area contributed by atoms with Crippen LogP contribution in [0.1, 0.15) is 25.3 Å². The number of carbonyl (C=O) groups is 1. The summed E-state index contributed by atoms with van der Waals surface area (Å²) in [5.74, 6) is 0.0481. The Hall–Kier alpha value is -1.43. The van der Waals surface area contributed by atoms with Crippen LogP contribution in [0.5, 0.6) is 0 Å². The van der Waals surface area contributed by atoms with Gasteiger partial charge in [-0.05, 0) is 37.2 Å². The summed E-state index contributed by atoms with van der Waals surface area (Å²) in [7, 11) is 1.71. The molecule has 21 heavy (non-hydrogen) atoms. The fourth-order valence-corrected chi connectivity index (χ4v) is 2.11. The van der Waals surface area contributed by atoms with Crippen LogP contribution in [0, 0.1) is 0 Å². The summed E-state index contributed by atoms with van der Waals surface area (Å²) >= 11 is 0. The molecule has 0 heterocycles. The number of rotatable bonds is 10. The lowest BCUT2D eigenvalue weighted by atomic mass is 10.2. The van der Waals surface area contributed by atoms with Crippen molar-refractivity contribution < 1.29 is 9.53 Å². The van der Waals surface area contributed by atoms with E-state index in [4.69, 9.17) is 10.5 Å². The predicted molar refractivity (Wildman–Crippen MR) is 86.2 cm³/mol. The minimum absolute atomic E-state index is 0.0481. The van der Waals surface area contributed by atoms with Crippen LogP contribution in [0.15, 0.2) is 24.3 Å². The van der Waals surface area contributed by atoms with Crippen molar-refractivity contribution in [3.05, 3.63) is 29.8 Å². The molecule has 0 saturated heterocycles. The number of ether oxygens (including phenoxy) is 1. The van der Waals surface area contributed by atoms with E-state index in [9.17, 15) is 4.79 Å². The number of hydrogen-bond donors (Lipinski definition) is 2. The van der Waals surface area contributed by atoms with E-state index in [1.807, 2.05) is 24.3 Å². The van der Waals surface area contributed by atoms with Crippen LogP contribution in [-0.2, 0) is 16.1 Å². The van der Waals surface area contributed by atoms with E-state index in [0.29, 0.717) is 13.0 Å². The van der Waals surface area contributed by atoms with Crippen molar-refractivity contribution >= 4 is 11.6 Å². The number of carbonyl (C=O) groups excluding carboxylic acids is 1. The van der Waals surface area contributed by atoms with E-state index in [1.54, 1.807) is 7.11 Å². The molecule has 0 atom stereocenters. The molecule has 1 rings (SSSR count). The number of likely N-dealkylation sites (N-methyl/N-ethyl adjacent to an activating group) is 1. The number of benzene rings is 1. The standard InChI is InChI=1S/C16H27N3O2/c1-3-19(10-11-21-2)9-5-8-16(20)18-15-7-4-6-14(12-15)13-17/h4,6-7,12H,3,5,8-11,13,17H2,1-2H3,(H,18,20). The maximum absolute atomic E-state index is 11.9. The molecule has 0 aliphatic rings. The zero-order chi connectivity index (χ0) is 15.5. The largest absolute Gasteiger partial charge is 0.383 e. The predicted octanol–water partition coefficient (Wildman–Crippen LogP) is 1.83. The Morgan fingerprint density at radius 3 is 2.86 bits per heavy atom. The Balaban J connectivity index is 2.30. The van der Waals surface area contributed by atoms with E-state index in [2.05, 4.69) is 17.1 Å². The van der Waals surface area contributed by atoms with Crippen molar-refractivity contribution in [2.45, 2.75) is 26.3 Å². The van der Waals surface area contributed by atoms with Crippen molar-refractivity contribution in [1.82, 2.24) is 4.90 Å². The second kappa shape index (κ2) is 10.3. The highest BCUT2D eigenvalue weighted by atomic mass is 16.5. The first-order valence-corrected chi connectivity index (χ1v) is 7.49. The summed E-state index contributed by atoms with van der Waals surface area (Å²) in [6, 6.07) is 7.65. The summed E-state index contributed by atoms with van der Waals surface area (Å²) < 4.78 is 5.07. The van der Waals surface area contributed by atoms with Gasteiger partial charge in [0.05, 0.1) is 6.61 Å². The molecule has 0 fully saturated rings. The van der Waals surface area contributed by atoms with Gasteiger partial charge >= 0.3 is 0 Å². The Morgan fingerprint density at radius 2 is 2.19 bits per heavy atom. The van der Waals surface area contributed by atoms with Crippen LogP contribution in [0.4, 0.5) is 5.69 Å². The molecule has 1 aromatic rings. The number of nitrogens with zero attached hydrogens (tertiary/aromatic N) is 1. The molecule has 0 saturated carbocycles. The molecule has 5 heteroatoms. The van der Waals surface area contributed by atoms with E-state index in [1.165, 1.54) is 0 Å². The van der Waals surface area contributed by atoms with Gasteiger partial charge in [-0.3, -0.25) is 4.79 Å². The van der Waals surface area contributed by atoms with Crippen LogP contribution in [-0.4, -0.2) is 44.2 Å². The first kappa shape index (κ1) is 17.6. The minimum atomic E-state index is 0.0481. The van der Waals surface area contributed by atoms with Crippen molar-refractivity contribution in [3.8, 4) is 0 Å². The van der Waals surface area contributed by atoms with Gasteiger partial charge in [0.25, 0.3) is 0 Å². The van der Waals surface area contributed by atoms with Crippen LogP contribution in [0.2, 0.25) is 0 Å². The average Bonchev–Trinajstić information content (AvgIpc) is 2.50. The Labute approximate surface area is 127 Å². The normalized spacial score (nSPS) is 10.9. The van der Waals surface area contributed by atoms with Gasteiger partial charge < -0.3 is 20.7 Å². The monoisotopic (exact) mass is 293 g/mol. The summed E-state index contributed by atoms with van der Waals surface area (Å²) in [6.07, 6.45) is 1.37. The number of amides is 1. The fourth-order valence-electron chi connectivity index (χ4n) is 2.11. The van der Waals surface area contributed by atoms with Gasteiger partial charge in [0.15, 0.2) is 0 Å². The highest BCUT2D eigenvalue weighted by molar-refractivity contribution is 5.90. The zero-order valence-electron chi connectivity index (χ0n) is 13.1. The zero-order valence-corrected chi connectivity index (χ0v) is 13.1. The molecule has 0 radical (unpaired) electrons. The summed E-state index contributed by atoms with van der Waals surface area (Å²) in [5, 5.41) is 2.91. The van der Waals surface area contributed by atoms with Gasteiger partial charge in [-0.1, -0.05) is 19.1 Å². The van der Waals surface area contributed by atoms with Gasteiger partial charge in [0, 0.05) is 32.3 Å². The lowest BCUT2D eigenvalue weighted by Crippen LogP contribution is -2.29. The lowest BCUT2D eigenvalue weighted by molar-refractivity contribution is -0.116. The number of anilines is 1. The fraction of sp³-hybridized carbons (Fsp3) is 0.562. The molecule has 0 aliphatic heterocycles. The Bertz CT molecular complexity index is 424. The molecule has 3 N–H and O–H groups in total. The minimum Gasteiger partial charge on any atom is -0.383 e. The highest BCUT2D eigenvalue weighted by Crippen LogP contribution is 2.10. The third-order valence-electron chi connectivity index (χ3n) is 3.38. The Kier molecular flexibility index (Phi) is 8.66. The van der Waals surface area contributed by atoms with Gasteiger partial charge in [-0.25, -0.2) is 0 Å². The van der Waals surface area contributed by atoms with Crippen molar-refractivity contribution in [1.29, 1.82) is 0 Å².